The second-order valence-electron chi connectivity index (χ2n) is 4.28. The smallest absolute Gasteiger partial charge is 0.283 e. The van der Waals surface area contributed by atoms with Gasteiger partial charge in [0.1, 0.15) is 0 Å². The Kier molecular flexibility index (Phi) is 3.78. The third-order valence-electron chi connectivity index (χ3n) is 2.86. The molecule has 0 radical (unpaired) electrons. The quantitative estimate of drug-likeness (QED) is 0.539. The van der Waals surface area contributed by atoms with E-state index in [-0.39, 0.29) is 11.3 Å². The molecule has 0 saturated heterocycles. The first-order valence-corrected chi connectivity index (χ1v) is 7.71. The van der Waals surface area contributed by atoms with E-state index in [1.807, 2.05) is 24.3 Å². The molecular formula is C14H7N2O4S2-. The molecule has 0 spiro atoms. The van der Waals surface area contributed by atoms with Gasteiger partial charge in [-0.15, -0.1) is 11.3 Å². The number of nitrogens with zero attached hydrogens (tertiary/aromatic N) is 2. The number of benzene rings is 2. The van der Waals surface area contributed by atoms with Crippen molar-refractivity contribution in [3.63, 3.8) is 0 Å². The second kappa shape index (κ2) is 5.74. The van der Waals surface area contributed by atoms with Crippen LogP contribution in [0.2, 0.25) is 0 Å². The van der Waals surface area contributed by atoms with Crippen LogP contribution in [0.4, 0.5) is 5.69 Å². The number of thiazole rings is 1. The van der Waals surface area contributed by atoms with Crippen LogP contribution >= 0.6 is 23.1 Å². The molecule has 1 heterocycles. The third kappa shape index (κ3) is 2.78. The highest BCUT2D eigenvalue weighted by Crippen LogP contribution is 2.38. The fraction of sp³-hybridized carbons (Fsp3) is 0. The molecule has 0 aliphatic rings. The van der Waals surface area contributed by atoms with Crippen molar-refractivity contribution in [2.24, 2.45) is 0 Å². The van der Waals surface area contributed by atoms with Crippen molar-refractivity contribution in [3.8, 4) is 0 Å². The van der Waals surface area contributed by atoms with Gasteiger partial charge >= 0.3 is 0 Å². The molecule has 6 nitrogen and oxygen atoms in total. The zero-order valence-electron chi connectivity index (χ0n) is 10.9. The van der Waals surface area contributed by atoms with E-state index >= 15 is 0 Å². The van der Waals surface area contributed by atoms with E-state index in [4.69, 9.17) is 0 Å². The van der Waals surface area contributed by atoms with E-state index in [0.717, 1.165) is 28.0 Å². The number of para-hydroxylation sites is 1. The molecular weight excluding hydrogens is 324 g/mol. The molecule has 0 bridgehead atoms. The van der Waals surface area contributed by atoms with Crippen LogP contribution < -0.4 is 5.11 Å². The summed E-state index contributed by atoms with van der Waals surface area (Å²) in [6.07, 6.45) is 0. The van der Waals surface area contributed by atoms with Gasteiger partial charge in [0.05, 0.1) is 26.0 Å². The van der Waals surface area contributed by atoms with Gasteiger partial charge in [0.25, 0.3) is 5.69 Å². The first-order chi connectivity index (χ1) is 10.5. The molecule has 0 unspecified atom stereocenters. The molecule has 8 heteroatoms. The second-order valence-corrected chi connectivity index (χ2v) is 6.60. The minimum absolute atomic E-state index is 0.222. The number of hydrogen-bond donors (Lipinski definition) is 0. The van der Waals surface area contributed by atoms with Crippen LogP contribution in [-0.4, -0.2) is 15.9 Å². The topological polar surface area (TPSA) is 96.2 Å². The highest BCUT2D eigenvalue weighted by Gasteiger charge is 2.17. The summed E-state index contributed by atoms with van der Waals surface area (Å²) in [5, 5.41) is 21.9. The van der Waals surface area contributed by atoms with Crippen molar-refractivity contribution in [1.29, 1.82) is 0 Å². The fourth-order valence-electron chi connectivity index (χ4n) is 1.86. The van der Waals surface area contributed by atoms with E-state index in [1.165, 1.54) is 23.5 Å². The molecule has 110 valence electrons. The summed E-state index contributed by atoms with van der Waals surface area (Å²) in [5.74, 6) is -1.44. The number of rotatable bonds is 4. The molecule has 3 rings (SSSR count). The van der Waals surface area contributed by atoms with Gasteiger partial charge in [-0.25, -0.2) is 4.98 Å². The van der Waals surface area contributed by atoms with Crippen molar-refractivity contribution in [2.75, 3.05) is 0 Å². The van der Waals surface area contributed by atoms with Crippen molar-refractivity contribution in [2.45, 2.75) is 9.24 Å². The highest BCUT2D eigenvalue weighted by atomic mass is 32.2. The van der Waals surface area contributed by atoms with Gasteiger partial charge in [-0.05, 0) is 18.2 Å². The minimum atomic E-state index is -1.44. The number of hydrogen-bond acceptors (Lipinski definition) is 7. The SMILES string of the molecule is O=C([O-])c1ccc(Sc2nc3ccccc3s2)c([N+](=O)[O-])c1. The van der Waals surface area contributed by atoms with Crippen molar-refractivity contribution >= 4 is 45.0 Å². The monoisotopic (exact) mass is 331 g/mol. The summed E-state index contributed by atoms with van der Waals surface area (Å²) in [5.41, 5.74) is 0.329. The van der Waals surface area contributed by atoms with Crippen LogP contribution in [-0.2, 0) is 0 Å². The summed E-state index contributed by atoms with van der Waals surface area (Å²) in [6.45, 7) is 0. The molecule has 0 amide bonds. The number of carboxylic acids is 1. The molecule has 3 aromatic rings. The van der Waals surface area contributed by atoms with E-state index in [2.05, 4.69) is 4.98 Å². The lowest BCUT2D eigenvalue weighted by atomic mass is 10.2. The Morgan fingerprint density at radius 3 is 2.68 bits per heavy atom. The summed E-state index contributed by atoms with van der Waals surface area (Å²) in [4.78, 5) is 26.1. The summed E-state index contributed by atoms with van der Waals surface area (Å²) >= 11 is 2.56. The first kappa shape index (κ1) is 14.5. The van der Waals surface area contributed by atoms with Gasteiger partial charge in [-0.2, -0.15) is 0 Å². The van der Waals surface area contributed by atoms with Gasteiger partial charge in [0.15, 0.2) is 4.34 Å². The number of fused-ring (bicyclic) bond motifs is 1. The molecule has 0 atom stereocenters. The number of aromatic carboxylic acids is 1. The fourth-order valence-corrected chi connectivity index (χ4v) is 3.97. The lowest BCUT2D eigenvalue weighted by Gasteiger charge is -2.05. The summed E-state index contributed by atoms with van der Waals surface area (Å²) in [6, 6.07) is 11.2. The maximum Gasteiger partial charge on any atom is 0.283 e. The minimum Gasteiger partial charge on any atom is -0.545 e. The maximum absolute atomic E-state index is 11.1. The van der Waals surface area contributed by atoms with Gasteiger partial charge in [0.2, 0.25) is 0 Å². The number of nitro benzene ring substituents is 1. The molecule has 2 aromatic carbocycles. The van der Waals surface area contributed by atoms with Gasteiger partial charge in [-0.3, -0.25) is 10.1 Å². The van der Waals surface area contributed by atoms with Crippen LogP contribution in [0.5, 0.6) is 0 Å². The largest absolute Gasteiger partial charge is 0.545 e. The molecule has 0 aliphatic heterocycles. The van der Waals surface area contributed by atoms with Gasteiger partial charge < -0.3 is 9.90 Å². The Morgan fingerprint density at radius 1 is 1.23 bits per heavy atom. The standard InChI is InChI=1S/C14H8N2O4S2/c17-13(18)8-5-6-12(10(7-8)16(19)20)22-14-15-9-3-1-2-4-11(9)21-14/h1-7H,(H,17,18)/p-1. The number of carbonyl (C=O) groups is 1. The number of carboxylic acid groups (broad SMARTS) is 1. The van der Waals surface area contributed by atoms with Crippen LogP contribution in [0.15, 0.2) is 51.7 Å². The highest BCUT2D eigenvalue weighted by molar-refractivity contribution is 8.01. The summed E-state index contributed by atoms with van der Waals surface area (Å²) in [7, 11) is 0. The van der Waals surface area contributed by atoms with Gasteiger partial charge in [0, 0.05) is 11.6 Å². The molecule has 0 saturated carbocycles. The van der Waals surface area contributed by atoms with Crippen LogP contribution in [0.3, 0.4) is 0 Å². The zero-order valence-corrected chi connectivity index (χ0v) is 12.5. The average Bonchev–Trinajstić information content (AvgIpc) is 2.89. The molecule has 0 N–H and O–H groups in total. The Balaban J connectivity index is 2.00. The molecule has 0 aliphatic carbocycles. The van der Waals surface area contributed by atoms with E-state index in [1.54, 1.807) is 0 Å². The Morgan fingerprint density at radius 2 is 2.00 bits per heavy atom. The van der Waals surface area contributed by atoms with Crippen molar-refractivity contribution < 1.29 is 14.8 Å². The number of aromatic nitrogens is 1. The van der Waals surface area contributed by atoms with E-state index in [0.29, 0.717) is 9.24 Å². The number of carbonyl (C=O) groups excluding carboxylic acids is 1. The zero-order chi connectivity index (χ0) is 15.7. The Bertz CT molecular complexity index is 858. The maximum atomic E-state index is 11.1. The Hall–Kier alpha value is -2.45. The predicted octanol–water partition coefficient (Wildman–Crippen LogP) is 2.72. The van der Waals surface area contributed by atoms with E-state index in [9.17, 15) is 20.0 Å². The molecule has 22 heavy (non-hydrogen) atoms. The van der Waals surface area contributed by atoms with E-state index < -0.39 is 10.9 Å². The first-order valence-electron chi connectivity index (χ1n) is 6.08. The summed E-state index contributed by atoms with van der Waals surface area (Å²) < 4.78 is 1.64. The van der Waals surface area contributed by atoms with Crippen LogP contribution in [0.25, 0.3) is 10.2 Å². The van der Waals surface area contributed by atoms with Crippen molar-refractivity contribution in [3.05, 3.63) is 58.1 Å². The third-order valence-corrected chi connectivity index (χ3v) is 5.02. The van der Waals surface area contributed by atoms with Crippen LogP contribution in [0.1, 0.15) is 10.4 Å². The lowest BCUT2D eigenvalue weighted by molar-refractivity contribution is -0.387. The lowest BCUT2D eigenvalue weighted by Crippen LogP contribution is -2.22. The average molecular weight is 331 g/mol. The molecule has 1 aromatic heterocycles. The van der Waals surface area contributed by atoms with Crippen LogP contribution in [0, 0.1) is 10.1 Å². The predicted molar refractivity (Wildman–Crippen MR) is 81.2 cm³/mol. The van der Waals surface area contributed by atoms with Gasteiger partial charge in [-0.1, -0.05) is 30.0 Å². The number of nitro groups is 1. The normalized spacial score (nSPS) is 10.7. The van der Waals surface area contributed by atoms with Crippen molar-refractivity contribution in [1.82, 2.24) is 4.98 Å². The molecule has 0 fully saturated rings. The Labute approximate surface area is 132 Å².